The maximum absolute atomic E-state index is 13.0. The SMILES string of the molecule is C#CCCC(Cc1cccc(F)c1)NCC. The van der Waals surface area contributed by atoms with E-state index in [4.69, 9.17) is 6.42 Å². The third-order valence-electron chi connectivity index (χ3n) is 2.50. The van der Waals surface area contributed by atoms with E-state index in [0.29, 0.717) is 6.04 Å². The Balaban J connectivity index is 2.57. The summed E-state index contributed by atoms with van der Waals surface area (Å²) in [7, 11) is 0. The number of benzene rings is 1. The zero-order valence-corrected chi connectivity index (χ0v) is 9.67. The van der Waals surface area contributed by atoms with Crippen LogP contribution >= 0.6 is 0 Å². The van der Waals surface area contributed by atoms with Gasteiger partial charge >= 0.3 is 0 Å². The van der Waals surface area contributed by atoms with Crippen molar-refractivity contribution in [1.82, 2.24) is 5.32 Å². The second-order valence-corrected chi connectivity index (χ2v) is 3.83. The first-order chi connectivity index (χ1) is 7.76. The van der Waals surface area contributed by atoms with Gasteiger partial charge in [-0.2, -0.15) is 0 Å². The minimum atomic E-state index is -0.176. The highest BCUT2D eigenvalue weighted by Gasteiger charge is 2.07. The second kappa shape index (κ2) is 7.03. The van der Waals surface area contributed by atoms with Gasteiger partial charge in [0.2, 0.25) is 0 Å². The Bertz CT molecular complexity index is 354. The predicted molar refractivity (Wildman–Crippen MR) is 65.6 cm³/mol. The van der Waals surface area contributed by atoms with Crippen molar-refractivity contribution >= 4 is 0 Å². The maximum Gasteiger partial charge on any atom is 0.123 e. The van der Waals surface area contributed by atoms with Gasteiger partial charge in [-0.25, -0.2) is 4.39 Å². The highest BCUT2D eigenvalue weighted by atomic mass is 19.1. The fraction of sp³-hybridized carbons (Fsp3) is 0.429. The molecule has 0 saturated heterocycles. The molecule has 0 heterocycles. The van der Waals surface area contributed by atoms with Crippen LogP contribution in [0.3, 0.4) is 0 Å². The van der Waals surface area contributed by atoms with Gasteiger partial charge < -0.3 is 5.32 Å². The van der Waals surface area contributed by atoms with Gasteiger partial charge in [0.15, 0.2) is 0 Å². The number of rotatable bonds is 6. The van der Waals surface area contributed by atoms with Gasteiger partial charge in [0, 0.05) is 12.5 Å². The summed E-state index contributed by atoms with van der Waals surface area (Å²) in [5.74, 6) is 2.46. The monoisotopic (exact) mass is 219 g/mol. The Labute approximate surface area is 97.1 Å². The molecule has 1 aromatic carbocycles. The van der Waals surface area contributed by atoms with Crippen molar-refractivity contribution in [2.75, 3.05) is 6.54 Å². The first kappa shape index (κ1) is 12.7. The van der Waals surface area contributed by atoms with Crippen LogP contribution in [-0.4, -0.2) is 12.6 Å². The van der Waals surface area contributed by atoms with E-state index in [1.54, 1.807) is 12.1 Å². The lowest BCUT2D eigenvalue weighted by molar-refractivity contribution is 0.496. The summed E-state index contributed by atoms with van der Waals surface area (Å²) < 4.78 is 13.0. The minimum Gasteiger partial charge on any atom is -0.314 e. The number of terminal acetylenes is 1. The molecule has 0 saturated carbocycles. The van der Waals surface area contributed by atoms with Crippen LogP contribution in [0.2, 0.25) is 0 Å². The highest BCUT2D eigenvalue weighted by molar-refractivity contribution is 5.17. The van der Waals surface area contributed by atoms with Gasteiger partial charge in [0.1, 0.15) is 5.82 Å². The van der Waals surface area contributed by atoms with Crippen LogP contribution in [0.1, 0.15) is 25.3 Å². The Morgan fingerprint density at radius 3 is 2.94 bits per heavy atom. The minimum absolute atomic E-state index is 0.176. The van der Waals surface area contributed by atoms with Gasteiger partial charge in [0.25, 0.3) is 0 Å². The quantitative estimate of drug-likeness (QED) is 0.725. The third-order valence-corrected chi connectivity index (χ3v) is 2.50. The van der Waals surface area contributed by atoms with Gasteiger partial charge in [0.05, 0.1) is 0 Å². The van der Waals surface area contributed by atoms with Gasteiger partial charge in [-0.05, 0) is 37.1 Å². The van der Waals surface area contributed by atoms with E-state index in [9.17, 15) is 4.39 Å². The summed E-state index contributed by atoms with van der Waals surface area (Å²) >= 11 is 0. The molecule has 0 aliphatic rings. The molecule has 0 aromatic heterocycles. The second-order valence-electron chi connectivity index (χ2n) is 3.83. The maximum atomic E-state index is 13.0. The molecule has 1 unspecified atom stereocenters. The Morgan fingerprint density at radius 2 is 2.31 bits per heavy atom. The summed E-state index contributed by atoms with van der Waals surface area (Å²) in [5.41, 5.74) is 1.02. The molecule has 1 N–H and O–H groups in total. The zero-order valence-electron chi connectivity index (χ0n) is 9.67. The van der Waals surface area contributed by atoms with E-state index < -0.39 is 0 Å². The van der Waals surface area contributed by atoms with E-state index in [-0.39, 0.29) is 5.82 Å². The van der Waals surface area contributed by atoms with Crippen LogP contribution in [-0.2, 0) is 6.42 Å². The molecule has 0 spiro atoms. The van der Waals surface area contributed by atoms with Gasteiger partial charge in [-0.1, -0.05) is 19.1 Å². The molecule has 0 fully saturated rings. The summed E-state index contributed by atoms with van der Waals surface area (Å²) in [6.07, 6.45) is 7.77. The normalized spacial score (nSPS) is 12.1. The average Bonchev–Trinajstić information content (AvgIpc) is 2.26. The molecule has 1 aromatic rings. The van der Waals surface area contributed by atoms with E-state index >= 15 is 0 Å². The van der Waals surface area contributed by atoms with Crippen LogP contribution < -0.4 is 5.32 Å². The van der Waals surface area contributed by atoms with Crippen LogP contribution in [0.25, 0.3) is 0 Å². The lowest BCUT2D eigenvalue weighted by Gasteiger charge is -2.16. The molecule has 1 rings (SSSR count). The lowest BCUT2D eigenvalue weighted by Crippen LogP contribution is -2.30. The first-order valence-electron chi connectivity index (χ1n) is 5.67. The van der Waals surface area contributed by atoms with Crippen LogP contribution in [0.15, 0.2) is 24.3 Å². The van der Waals surface area contributed by atoms with Crippen molar-refractivity contribution in [2.45, 2.75) is 32.2 Å². The Morgan fingerprint density at radius 1 is 1.50 bits per heavy atom. The zero-order chi connectivity index (χ0) is 11.8. The number of halogens is 1. The van der Waals surface area contributed by atoms with E-state index in [0.717, 1.165) is 31.4 Å². The van der Waals surface area contributed by atoms with Crippen molar-refractivity contribution in [3.63, 3.8) is 0 Å². The molecular formula is C14H18FN. The van der Waals surface area contributed by atoms with Crippen LogP contribution in [0, 0.1) is 18.2 Å². The van der Waals surface area contributed by atoms with E-state index in [1.165, 1.54) is 6.07 Å². The predicted octanol–water partition coefficient (Wildman–Crippen LogP) is 2.76. The Hall–Kier alpha value is -1.33. The van der Waals surface area contributed by atoms with Crippen LogP contribution in [0.4, 0.5) is 4.39 Å². The van der Waals surface area contributed by atoms with Gasteiger partial charge in [-0.3, -0.25) is 0 Å². The molecule has 0 amide bonds. The molecule has 0 bridgehead atoms. The largest absolute Gasteiger partial charge is 0.314 e. The van der Waals surface area contributed by atoms with E-state index in [1.807, 2.05) is 6.07 Å². The molecule has 0 aliphatic carbocycles. The third kappa shape index (κ3) is 4.46. The molecule has 0 radical (unpaired) electrons. The molecule has 1 atom stereocenters. The van der Waals surface area contributed by atoms with Crippen molar-refractivity contribution in [1.29, 1.82) is 0 Å². The van der Waals surface area contributed by atoms with Crippen molar-refractivity contribution in [2.24, 2.45) is 0 Å². The van der Waals surface area contributed by atoms with E-state index in [2.05, 4.69) is 18.2 Å². The average molecular weight is 219 g/mol. The van der Waals surface area contributed by atoms with Crippen molar-refractivity contribution in [3.8, 4) is 12.3 Å². The van der Waals surface area contributed by atoms with Crippen molar-refractivity contribution in [3.05, 3.63) is 35.6 Å². The summed E-state index contributed by atoms with van der Waals surface area (Å²) in [6.45, 7) is 2.97. The molecule has 16 heavy (non-hydrogen) atoms. The number of hydrogen-bond donors (Lipinski definition) is 1. The number of hydrogen-bond acceptors (Lipinski definition) is 1. The molecule has 0 aliphatic heterocycles. The summed E-state index contributed by atoms with van der Waals surface area (Å²) in [4.78, 5) is 0. The lowest BCUT2D eigenvalue weighted by atomic mass is 10.0. The molecule has 1 nitrogen and oxygen atoms in total. The standard InChI is InChI=1S/C14H18FN/c1-3-5-9-14(16-4-2)11-12-7-6-8-13(15)10-12/h1,6-8,10,14,16H,4-5,9,11H2,2H3. The molecular weight excluding hydrogens is 201 g/mol. The number of likely N-dealkylation sites (N-methyl/N-ethyl adjacent to an activating group) is 1. The first-order valence-corrected chi connectivity index (χ1v) is 5.67. The highest BCUT2D eigenvalue weighted by Crippen LogP contribution is 2.09. The van der Waals surface area contributed by atoms with Crippen molar-refractivity contribution < 1.29 is 4.39 Å². The summed E-state index contributed by atoms with van der Waals surface area (Å²) in [6, 6.07) is 7.08. The molecule has 86 valence electrons. The smallest absolute Gasteiger partial charge is 0.123 e. The summed E-state index contributed by atoms with van der Waals surface area (Å²) in [5, 5.41) is 3.37. The number of nitrogens with one attached hydrogen (secondary N) is 1. The van der Waals surface area contributed by atoms with Crippen LogP contribution in [0.5, 0.6) is 0 Å². The van der Waals surface area contributed by atoms with Gasteiger partial charge in [-0.15, -0.1) is 12.3 Å². The topological polar surface area (TPSA) is 12.0 Å². The Kier molecular flexibility index (Phi) is 5.60. The molecule has 2 heteroatoms. The fourth-order valence-electron chi connectivity index (χ4n) is 1.77. The fourth-order valence-corrected chi connectivity index (χ4v) is 1.77.